The van der Waals surface area contributed by atoms with Crippen LogP contribution in [-0.2, 0) is 4.79 Å². The number of ether oxygens (including phenoxy) is 1. The number of carbonyl (C=O) groups is 1. The minimum absolute atomic E-state index is 0.0395. The zero-order valence-corrected chi connectivity index (χ0v) is 17.1. The van der Waals surface area contributed by atoms with Gasteiger partial charge in [-0.1, -0.05) is 60.7 Å². The molecule has 0 fully saturated rings. The van der Waals surface area contributed by atoms with Gasteiger partial charge in [0.1, 0.15) is 5.75 Å². The van der Waals surface area contributed by atoms with Gasteiger partial charge >= 0.3 is 0 Å². The van der Waals surface area contributed by atoms with Crippen molar-refractivity contribution in [3.05, 3.63) is 108 Å². The molecule has 0 aliphatic heterocycles. The molecular formula is C26H24N2O2. The highest BCUT2D eigenvalue weighted by Crippen LogP contribution is 2.27. The van der Waals surface area contributed by atoms with Crippen LogP contribution in [0.15, 0.2) is 91.1 Å². The predicted molar refractivity (Wildman–Crippen MR) is 120 cm³/mol. The topological polar surface area (TPSA) is 51.2 Å². The molecule has 1 aromatic heterocycles. The minimum Gasteiger partial charge on any atom is -0.497 e. The van der Waals surface area contributed by atoms with E-state index in [1.807, 2.05) is 85.8 Å². The Balaban J connectivity index is 1.60. The fourth-order valence-electron chi connectivity index (χ4n) is 3.58. The fraction of sp³-hybridized carbons (Fsp3) is 0.154. The maximum atomic E-state index is 13.2. The van der Waals surface area contributed by atoms with Crippen molar-refractivity contribution in [2.45, 2.75) is 18.9 Å². The predicted octanol–water partition coefficient (Wildman–Crippen LogP) is 5.25. The Morgan fingerprint density at radius 2 is 1.60 bits per heavy atom. The summed E-state index contributed by atoms with van der Waals surface area (Å²) in [5.41, 5.74) is 2.79. The number of carbonyl (C=O) groups excluding carboxylic acids is 1. The molecule has 0 spiro atoms. The van der Waals surface area contributed by atoms with E-state index in [1.54, 1.807) is 13.3 Å². The first-order valence-electron chi connectivity index (χ1n) is 9.99. The summed E-state index contributed by atoms with van der Waals surface area (Å²) in [6.45, 7) is 1.93. The molecule has 4 rings (SSSR count). The third kappa shape index (κ3) is 4.18. The third-order valence-corrected chi connectivity index (χ3v) is 5.37. The van der Waals surface area contributed by atoms with E-state index in [9.17, 15) is 4.79 Å². The van der Waals surface area contributed by atoms with Gasteiger partial charge in [0, 0.05) is 6.20 Å². The number of nitrogens with zero attached hydrogens (tertiary/aromatic N) is 1. The lowest BCUT2D eigenvalue weighted by atomic mass is 9.95. The summed E-state index contributed by atoms with van der Waals surface area (Å²) in [7, 11) is 1.66. The van der Waals surface area contributed by atoms with Gasteiger partial charge in [-0.05, 0) is 53.1 Å². The van der Waals surface area contributed by atoms with Gasteiger partial charge in [0.2, 0.25) is 5.91 Å². The molecule has 1 N–H and O–H groups in total. The SMILES string of the molecule is COc1ccc2cc([C@H](C)C(=O)NC(c3ccccc3)c3ccccn3)ccc2c1. The molecule has 150 valence electrons. The molecule has 4 heteroatoms. The van der Waals surface area contributed by atoms with Crippen LogP contribution in [0.25, 0.3) is 10.8 Å². The first kappa shape index (κ1) is 19.6. The van der Waals surface area contributed by atoms with Gasteiger partial charge in [-0.15, -0.1) is 0 Å². The van der Waals surface area contributed by atoms with Gasteiger partial charge < -0.3 is 10.1 Å². The summed E-state index contributed by atoms with van der Waals surface area (Å²) in [4.78, 5) is 17.6. The molecule has 0 aliphatic carbocycles. The van der Waals surface area contributed by atoms with Gasteiger partial charge in [0.15, 0.2) is 0 Å². The molecule has 4 nitrogen and oxygen atoms in total. The van der Waals surface area contributed by atoms with E-state index in [2.05, 4.69) is 16.4 Å². The molecule has 0 aliphatic rings. The molecule has 2 atom stereocenters. The number of rotatable bonds is 6. The molecule has 30 heavy (non-hydrogen) atoms. The van der Waals surface area contributed by atoms with Crippen LogP contribution >= 0.6 is 0 Å². The maximum absolute atomic E-state index is 13.2. The average molecular weight is 396 g/mol. The highest BCUT2D eigenvalue weighted by molar-refractivity contribution is 5.88. The van der Waals surface area contributed by atoms with Crippen LogP contribution in [0.2, 0.25) is 0 Å². The Morgan fingerprint density at radius 1 is 0.867 bits per heavy atom. The summed E-state index contributed by atoms with van der Waals surface area (Å²) in [5, 5.41) is 5.36. The lowest BCUT2D eigenvalue weighted by molar-refractivity contribution is -0.122. The van der Waals surface area contributed by atoms with Gasteiger partial charge in [-0.2, -0.15) is 0 Å². The summed E-state index contributed by atoms with van der Waals surface area (Å²) < 4.78 is 5.30. The van der Waals surface area contributed by atoms with E-state index in [-0.39, 0.29) is 17.9 Å². The van der Waals surface area contributed by atoms with Gasteiger partial charge in [-0.3, -0.25) is 9.78 Å². The second-order valence-electron chi connectivity index (χ2n) is 7.30. The van der Waals surface area contributed by atoms with Crippen LogP contribution in [0, 0.1) is 0 Å². The molecule has 0 radical (unpaired) electrons. The first-order chi connectivity index (χ1) is 14.7. The fourth-order valence-corrected chi connectivity index (χ4v) is 3.58. The van der Waals surface area contributed by atoms with Crippen LogP contribution in [0.3, 0.4) is 0 Å². The van der Waals surface area contributed by atoms with E-state index >= 15 is 0 Å². The number of benzene rings is 3. The van der Waals surface area contributed by atoms with E-state index in [1.165, 1.54) is 0 Å². The Labute approximate surface area is 176 Å². The van der Waals surface area contributed by atoms with Crippen molar-refractivity contribution in [3.8, 4) is 5.75 Å². The Kier molecular flexibility index (Phi) is 5.75. The van der Waals surface area contributed by atoms with Crippen LogP contribution in [0.5, 0.6) is 5.75 Å². The summed E-state index contributed by atoms with van der Waals surface area (Å²) in [5.74, 6) is 0.482. The van der Waals surface area contributed by atoms with Crippen molar-refractivity contribution in [1.29, 1.82) is 0 Å². The second kappa shape index (κ2) is 8.78. The summed E-state index contributed by atoms with van der Waals surface area (Å²) in [6, 6.07) is 27.4. The highest BCUT2D eigenvalue weighted by atomic mass is 16.5. The van der Waals surface area contributed by atoms with E-state index < -0.39 is 0 Å². The zero-order chi connectivity index (χ0) is 20.9. The molecule has 0 bridgehead atoms. The molecule has 1 heterocycles. The van der Waals surface area contributed by atoms with E-state index in [4.69, 9.17) is 4.74 Å². The third-order valence-electron chi connectivity index (χ3n) is 5.37. The number of pyridine rings is 1. The number of amides is 1. The molecule has 4 aromatic rings. The van der Waals surface area contributed by atoms with Crippen LogP contribution in [-0.4, -0.2) is 18.0 Å². The minimum atomic E-state index is -0.300. The number of hydrogen-bond donors (Lipinski definition) is 1. The number of aromatic nitrogens is 1. The summed E-state index contributed by atoms with van der Waals surface area (Å²) >= 11 is 0. The van der Waals surface area contributed by atoms with E-state index in [0.717, 1.165) is 33.3 Å². The lowest BCUT2D eigenvalue weighted by Crippen LogP contribution is -2.33. The van der Waals surface area contributed by atoms with Crippen molar-refractivity contribution >= 4 is 16.7 Å². The molecule has 1 amide bonds. The smallest absolute Gasteiger partial charge is 0.228 e. The monoisotopic (exact) mass is 396 g/mol. The normalized spacial score (nSPS) is 12.9. The second-order valence-corrected chi connectivity index (χ2v) is 7.30. The van der Waals surface area contributed by atoms with Crippen molar-refractivity contribution in [3.63, 3.8) is 0 Å². The van der Waals surface area contributed by atoms with E-state index in [0.29, 0.717) is 0 Å². The van der Waals surface area contributed by atoms with Crippen LogP contribution in [0.1, 0.15) is 35.7 Å². The van der Waals surface area contributed by atoms with Crippen molar-refractivity contribution < 1.29 is 9.53 Å². The average Bonchev–Trinajstić information content (AvgIpc) is 2.82. The number of methoxy groups -OCH3 is 1. The molecule has 1 unspecified atom stereocenters. The Morgan fingerprint density at radius 3 is 2.33 bits per heavy atom. The highest BCUT2D eigenvalue weighted by Gasteiger charge is 2.22. The van der Waals surface area contributed by atoms with Crippen molar-refractivity contribution in [2.24, 2.45) is 0 Å². The van der Waals surface area contributed by atoms with Crippen LogP contribution < -0.4 is 10.1 Å². The number of nitrogens with one attached hydrogen (secondary N) is 1. The van der Waals surface area contributed by atoms with Crippen molar-refractivity contribution in [2.75, 3.05) is 7.11 Å². The maximum Gasteiger partial charge on any atom is 0.228 e. The molecule has 0 saturated carbocycles. The van der Waals surface area contributed by atoms with Crippen molar-refractivity contribution in [1.82, 2.24) is 10.3 Å². The molecular weight excluding hydrogens is 372 g/mol. The zero-order valence-electron chi connectivity index (χ0n) is 17.1. The first-order valence-corrected chi connectivity index (χ1v) is 9.99. The van der Waals surface area contributed by atoms with Gasteiger partial charge in [0.05, 0.1) is 24.8 Å². The Bertz CT molecular complexity index is 1100. The standard InChI is InChI=1S/C26H24N2O2/c1-18(20-11-12-22-17-23(30-2)14-13-21(22)16-20)26(29)28-25(19-8-4-3-5-9-19)24-10-6-7-15-27-24/h3-18,25H,1-2H3,(H,28,29)/t18-,25?/m0/s1. The number of fused-ring (bicyclic) bond motifs is 1. The summed E-state index contributed by atoms with van der Waals surface area (Å²) in [6.07, 6.45) is 1.75. The number of hydrogen-bond acceptors (Lipinski definition) is 3. The largest absolute Gasteiger partial charge is 0.497 e. The van der Waals surface area contributed by atoms with Crippen LogP contribution in [0.4, 0.5) is 0 Å². The molecule has 0 saturated heterocycles. The Hall–Kier alpha value is -3.66. The van der Waals surface area contributed by atoms with Gasteiger partial charge in [0.25, 0.3) is 0 Å². The van der Waals surface area contributed by atoms with Gasteiger partial charge in [-0.25, -0.2) is 0 Å². The quantitative estimate of drug-likeness (QED) is 0.484. The molecule has 3 aromatic carbocycles. The lowest BCUT2D eigenvalue weighted by Gasteiger charge is -2.21.